The predicted molar refractivity (Wildman–Crippen MR) is 51.8 cm³/mol. The number of rotatable bonds is 2. The van der Waals surface area contributed by atoms with Gasteiger partial charge < -0.3 is 11.1 Å². The van der Waals surface area contributed by atoms with Crippen molar-refractivity contribution in [2.24, 2.45) is 0 Å². The third kappa shape index (κ3) is 1.92. The van der Waals surface area contributed by atoms with Crippen molar-refractivity contribution in [3.05, 3.63) is 30.7 Å². The van der Waals surface area contributed by atoms with Crippen LogP contribution in [0.5, 0.6) is 0 Å². The monoisotopic (exact) mass is 188 g/mol. The van der Waals surface area contributed by atoms with Crippen molar-refractivity contribution in [3.63, 3.8) is 0 Å². The highest BCUT2D eigenvalue weighted by atomic mass is 15.2. The van der Waals surface area contributed by atoms with E-state index in [0.717, 1.165) is 0 Å². The highest BCUT2D eigenvalue weighted by Gasteiger charge is 1.96. The van der Waals surface area contributed by atoms with Crippen LogP contribution in [0.2, 0.25) is 0 Å². The van der Waals surface area contributed by atoms with Gasteiger partial charge in [-0.25, -0.2) is 9.97 Å². The Bertz CT molecular complexity index is 398. The lowest BCUT2D eigenvalue weighted by Gasteiger charge is -2.02. The minimum Gasteiger partial charge on any atom is -0.382 e. The van der Waals surface area contributed by atoms with Gasteiger partial charge in [0.15, 0.2) is 5.82 Å². The molecule has 0 atom stereocenters. The normalized spacial score (nSPS) is 9.71. The van der Waals surface area contributed by atoms with Gasteiger partial charge in [0, 0.05) is 6.20 Å². The number of hydrogen-bond donors (Lipinski definition) is 2. The Morgan fingerprint density at radius 2 is 2.00 bits per heavy atom. The molecule has 0 amide bonds. The standard InChI is InChI=1S/C8H8N6/c9-6-1-2-8(14-13-6)12-7-3-4-10-5-11-7/h1-5H,(H2,9,13)(H,10,11,12,14). The van der Waals surface area contributed by atoms with E-state index in [1.807, 2.05) is 0 Å². The van der Waals surface area contributed by atoms with Crippen LogP contribution in [0.3, 0.4) is 0 Å². The summed E-state index contributed by atoms with van der Waals surface area (Å²) in [5, 5.41) is 10.5. The van der Waals surface area contributed by atoms with Gasteiger partial charge in [-0.2, -0.15) is 0 Å². The first-order valence-electron chi connectivity index (χ1n) is 3.97. The molecule has 0 aliphatic heterocycles. The number of anilines is 3. The Morgan fingerprint density at radius 1 is 1.07 bits per heavy atom. The first kappa shape index (κ1) is 8.36. The fourth-order valence-corrected chi connectivity index (χ4v) is 0.905. The Hall–Kier alpha value is -2.24. The molecule has 0 fully saturated rings. The summed E-state index contributed by atoms with van der Waals surface area (Å²) in [4.78, 5) is 7.77. The zero-order chi connectivity index (χ0) is 9.80. The maximum absolute atomic E-state index is 5.39. The minimum absolute atomic E-state index is 0.387. The molecule has 3 N–H and O–H groups in total. The fourth-order valence-electron chi connectivity index (χ4n) is 0.905. The topological polar surface area (TPSA) is 89.6 Å². The summed E-state index contributed by atoms with van der Waals surface area (Å²) in [7, 11) is 0. The van der Waals surface area contributed by atoms with Gasteiger partial charge in [0.2, 0.25) is 0 Å². The van der Waals surface area contributed by atoms with Crippen molar-refractivity contribution in [3.8, 4) is 0 Å². The molecule has 0 unspecified atom stereocenters. The Kier molecular flexibility index (Phi) is 2.18. The van der Waals surface area contributed by atoms with Crippen LogP contribution in [-0.2, 0) is 0 Å². The highest BCUT2D eigenvalue weighted by Crippen LogP contribution is 2.09. The van der Waals surface area contributed by atoms with Crippen LogP contribution in [0, 0.1) is 0 Å². The van der Waals surface area contributed by atoms with E-state index in [1.165, 1.54) is 6.33 Å². The van der Waals surface area contributed by atoms with Crippen LogP contribution in [0.15, 0.2) is 30.7 Å². The SMILES string of the molecule is Nc1ccc(Nc2ccncn2)nn1. The molecule has 70 valence electrons. The number of nitrogens with zero attached hydrogens (tertiary/aromatic N) is 4. The fraction of sp³-hybridized carbons (Fsp3) is 0. The molecule has 0 aliphatic carbocycles. The lowest BCUT2D eigenvalue weighted by Crippen LogP contribution is -1.99. The molecule has 6 heteroatoms. The summed E-state index contributed by atoms with van der Waals surface area (Å²) in [6.07, 6.45) is 3.09. The van der Waals surface area contributed by atoms with Crippen molar-refractivity contribution in [1.29, 1.82) is 0 Å². The van der Waals surface area contributed by atoms with Gasteiger partial charge in [-0.15, -0.1) is 10.2 Å². The molecule has 0 aromatic carbocycles. The lowest BCUT2D eigenvalue weighted by molar-refractivity contribution is 1.04. The molecular formula is C8H8N6. The van der Waals surface area contributed by atoms with Crippen molar-refractivity contribution in [2.75, 3.05) is 11.1 Å². The van der Waals surface area contributed by atoms with Gasteiger partial charge in [-0.3, -0.25) is 0 Å². The van der Waals surface area contributed by atoms with Gasteiger partial charge in [0.25, 0.3) is 0 Å². The zero-order valence-electron chi connectivity index (χ0n) is 7.25. The van der Waals surface area contributed by atoms with Crippen LogP contribution < -0.4 is 11.1 Å². The number of nitrogens with one attached hydrogen (secondary N) is 1. The number of nitrogens with two attached hydrogens (primary N) is 1. The molecule has 2 aromatic rings. The van der Waals surface area contributed by atoms with E-state index in [9.17, 15) is 0 Å². The van der Waals surface area contributed by atoms with Gasteiger partial charge in [-0.05, 0) is 18.2 Å². The van der Waals surface area contributed by atoms with E-state index in [-0.39, 0.29) is 0 Å². The summed E-state index contributed by atoms with van der Waals surface area (Å²) >= 11 is 0. The molecule has 2 heterocycles. The average molecular weight is 188 g/mol. The average Bonchev–Trinajstić information content (AvgIpc) is 2.23. The third-order valence-corrected chi connectivity index (χ3v) is 1.52. The zero-order valence-corrected chi connectivity index (χ0v) is 7.25. The van der Waals surface area contributed by atoms with E-state index in [2.05, 4.69) is 25.5 Å². The highest BCUT2D eigenvalue weighted by molar-refractivity contribution is 5.50. The summed E-state index contributed by atoms with van der Waals surface area (Å²) in [6.45, 7) is 0. The van der Waals surface area contributed by atoms with Gasteiger partial charge in [0.1, 0.15) is 18.0 Å². The third-order valence-electron chi connectivity index (χ3n) is 1.52. The van der Waals surface area contributed by atoms with Gasteiger partial charge in [-0.1, -0.05) is 0 Å². The lowest BCUT2D eigenvalue weighted by atomic mass is 10.5. The van der Waals surface area contributed by atoms with E-state index in [4.69, 9.17) is 5.73 Å². The van der Waals surface area contributed by atoms with Crippen molar-refractivity contribution < 1.29 is 0 Å². The van der Waals surface area contributed by atoms with E-state index in [1.54, 1.807) is 24.4 Å². The second-order valence-electron chi connectivity index (χ2n) is 2.56. The van der Waals surface area contributed by atoms with E-state index < -0.39 is 0 Å². The Balaban J connectivity index is 2.16. The molecule has 2 rings (SSSR count). The first-order chi connectivity index (χ1) is 6.84. The molecule has 6 nitrogen and oxygen atoms in total. The van der Waals surface area contributed by atoms with Crippen LogP contribution >= 0.6 is 0 Å². The number of nitrogen functional groups attached to an aromatic ring is 1. The smallest absolute Gasteiger partial charge is 0.154 e. The van der Waals surface area contributed by atoms with Gasteiger partial charge in [0.05, 0.1) is 0 Å². The van der Waals surface area contributed by atoms with Crippen molar-refractivity contribution in [2.45, 2.75) is 0 Å². The molecule has 2 aromatic heterocycles. The Morgan fingerprint density at radius 3 is 2.64 bits per heavy atom. The number of hydrogen-bond acceptors (Lipinski definition) is 6. The number of aromatic nitrogens is 4. The molecule has 0 saturated carbocycles. The molecule has 0 bridgehead atoms. The van der Waals surface area contributed by atoms with Crippen LogP contribution in [0.1, 0.15) is 0 Å². The van der Waals surface area contributed by atoms with E-state index >= 15 is 0 Å². The largest absolute Gasteiger partial charge is 0.382 e. The maximum atomic E-state index is 5.39. The Labute approximate surface area is 80.2 Å². The maximum Gasteiger partial charge on any atom is 0.154 e. The molecule has 0 saturated heterocycles. The quantitative estimate of drug-likeness (QED) is 0.717. The molecule has 0 aliphatic rings. The van der Waals surface area contributed by atoms with Crippen LogP contribution in [0.25, 0.3) is 0 Å². The van der Waals surface area contributed by atoms with E-state index in [0.29, 0.717) is 17.5 Å². The molecule has 0 radical (unpaired) electrons. The summed E-state index contributed by atoms with van der Waals surface area (Å²) in [6, 6.07) is 5.12. The minimum atomic E-state index is 0.387. The summed E-state index contributed by atoms with van der Waals surface area (Å²) in [5.74, 6) is 1.65. The molecular weight excluding hydrogens is 180 g/mol. The van der Waals surface area contributed by atoms with Gasteiger partial charge >= 0.3 is 0 Å². The van der Waals surface area contributed by atoms with Crippen molar-refractivity contribution in [1.82, 2.24) is 20.2 Å². The predicted octanol–water partition coefficient (Wildman–Crippen LogP) is 0.592. The second kappa shape index (κ2) is 3.65. The molecule has 0 spiro atoms. The molecule has 14 heavy (non-hydrogen) atoms. The second-order valence-corrected chi connectivity index (χ2v) is 2.56. The first-order valence-corrected chi connectivity index (χ1v) is 3.97. The van der Waals surface area contributed by atoms with Crippen LogP contribution in [0.4, 0.5) is 17.5 Å². The summed E-state index contributed by atoms with van der Waals surface area (Å²) < 4.78 is 0. The van der Waals surface area contributed by atoms with Crippen molar-refractivity contribution >= 4 is 17.5 Å². The van der Waals surface area contributed by atoms with Crippen LogP contribution in [-0.4, -0.2) is 20.2 Å². The summed E-state index contributed by atoms with van der Waals surface area (Å²) in [5.41, 5.74) is 5.39.